The minimum atomic E-state index is -0.863. The molecule has 0 radical (unpaired) electrons. The largest absolute Gasteiger partial charge is 0.454 e. The van der Waals surface area contributed by atoms with E-state index in [2.05, 4.69) is 5.32 Å². The molecule has 2 rings (SSSR count). The van der Waals surface area contributed by atoms with Crippen LogP contribution in [0.15, 0.2) is 54.6 Å². The van der Waals surface area contributed by atoms with Crippen LogP contribution in [0.2, 0.25) is 0 Å². The van der Waals surface area contributed by atoms with Gasteiger partial charge in [-0.2, -0.15) is 5.26 Å². The molecule has 8 heteroatoms. The van der Waals surface area contributed by atoms with E-state index in [9.17, 15) is 18.8 Å². The van der Waals surface area contributed by atoms with E-state index in [-0.39, 0.29) is 12.1 Å². The molecule has 2 amide bonds. The normalized spacial score (nSPS) is 9.78. The topological polar surface area (TPSA) is 99.5 Å². The predicted octanol–water partition coefficient (Wildman–Crippen LogP) is 1.66. The summed E-state index contributed by atoms with van der Waals surface area (Å²) in [6.07, 6.45) is 0. The van der Waals surface area contributed by atoms with Crippen LogP contribution in [-0.2, 0) is 14.3 Å². The summed E-state index contributed by atoms with van der Waals surface area (Å²) in [7, 11) is 0. The van der Waals surface area contributed by atoms with Gasteiger partial charge >= 0.3 is 5.97 Å². The van der Waals surface area contributed by atoms with Crippen molar-refractivity contribution in [3.63, 3.8) is 0 Å². The van der Waals surface area contributed by atoms with Crippen molar-refractivity contribution in [1.82, 2.24) is 5.32 Å². The van der Waals surface area contributed by atoms with Gasteiger partial charge in [0.2, 0.25) is 0 Å². The number of amides is 2. The number of esters is 1. The number of anilines is 1. The lowest BCUT2D eigenvalue weighted by molar-refractivity contribution is -0.146. The fourth-order valence-electron chi connectivity index (χ4n) is 2.17. The highest BCUT2D eigenvalue weighted by molar-refractivity contribution is 5.97. The first-order chi connectivity index (χ1) is 13.0. The third-order valence-electron chi connectivity index (χ3n) is 3.47. The Bertz CT molecular complexity index is 865. The summed E-state index contributed by atoms with van der Waals surface area (Å²) in [5.74, 6) is -2.94. The highest BCUT2D eigenvalue weighted by Crippen LogP contribution is 2.13. The van der Waals surface area contributed by atoms with Gasteiger partial charge in [0.1, 0.15) is 18.9 Å². The number of nitrogens with zero attached hydrogens (tertiary/aromatic N) is 2. The molecule has 138 valence electrons. The number of nitriles is 1. The van der Waals surface area contributed by atoms with E-state index in [1.807, 2.05) is 6.07 Å². The Morgan fingerprint density at radius 2 is 1.74 bits per heavy atom. The van der Waals surface area contributed by atoms with Crippen LogP contribution in [-0.4, -0.2) is 37.5 Å². The van der Waals surface area contributed by atoms with Gasteiger partial charge in [-0.25, -0.2) is 4.39 Å². The van der Waals surface area contributed by atoms with Crippen LogP contribution < -0.4 is 10.2 Å². The number of hydrogen-bond acceptors (Lipinski definition) is 5. The standard InChI is InChI=1S/C19H16FN3O4/c20-16-9-5-4-8-15(16)19(26)22-12-18(25)27-13-17(24)23(11-10-21)14-6-2-1-3-7-14/h1-9H,11-13H2,(H,22,26). The molecule has 2 aromatic carbocycles. The van der Waals surface area contributed by atoms with Crippen LogP contribution in [0.4, 0.5) is 10.1 Å². The number of hydrogen-bond donors (Lipinski definition) is 1. The van der Waals surface area contributed by atoms with Gasteiger partial charge in [-0.1, -0.05) is 30.3 Å². The van der Waals surface area contributed by atoms with Crippen LogP contribution in [0.3, 0.4) is 0 Å². The van der Waals surface area contributed by atoms with E-state index in [1.165, 1.54) is 23.1 Å². The van der Waals surface area contributed by atoms with Gasteiger partial charge in [0.15, 0.2) is 6.61 Å². The summed E-state index contributed by atoms with van der Waals surface area (Å²) >= 11 is 0. The van der Waals surface area contributed by atoms with Crippen molar-refractivity contribution in [1.29, 1.82) is 5.26 Å². The quantitative estimate of drug-likeness (QED) is 0.591. The Kier molecular flexibility index (Phi) is 7.02. The van der Waals surface area contributed by atoms with Gasteiger partial charge in [0.05, 0.1) is 11.6 Å². The van der Waals surface area contributed by atoms with Crippen LogP contribution >= 0.6 is 0 Å². The Labute approximate surface area is 155 Å². The lowest BCUT2D eigenvalue weighted by Gasteiger charge is -2.19. The second kappa shape index (κ2) is 9.68. The number of para-hydroxylation sites is 1. The summed E-state index contributed by atoms with van der Waals surface area (Å²) in [4.78, 5) is 36.9. The van der Waals surface area contributed by atoms with Crippen LogP contribution in [0.1, 0.15) is 10.4 Å². The van der Waals surface area contributed by atoms with Crippen molar-refractivity contribution < 1.29 is 23.5 Å². The molecule has 0 atom stereocenters. The Morgan fingerprint density at radius 1 is 1.07 bits per heavy atom. The molecule has 7 nitrogen and oxygen atoms in total. The van der Waals surface area contributed by atoms with E-state index in [1.54, 1.807) is 30.3 Å². The summed E-state index contributed by atoms with van der Waals surface area (Å²) < 4.78 is 18.3. The molecule has 0 fully saturated rings. The van der Waals surface area contributed by atoms with Crippen molar-refractivity contribution in [3.8, 4) is 6.07 Å². The first-order valence-electron chi connectivity index (χ1n) is 7.93. The smallest absolute Gasteiger partial charge is 0.325 e. The maximum Gasteiger partial charge on any atom is 0.325 e. The third kappa shape index (κ3) is 5.64. The molecule has 0 aliphatic heterocycles. The fourth-order valence-corrected chi connectivity index (χ4v) is 2.17. The molecular weight excluding hydrogens is 353 g/mol. The molecule has 0 aliphatic rings. The molecule has 0 saturated carbocycles. The maximum absolute atomic E-state index is 13.5. The molecule has 0 bridgehead atoms. The predicted molar refractivity (Wildman–Crippen MR) is 94.1 cm³/mol. The van der Waals surface area contributed by atoms with Crippen molar-refractivity contribution in [2.45, 2.75) is 0 Å². The first-order valence-corrected chi connectivity index (χ1v) is 7.93. The van der Waals surface area contributed by atoms with Gasteiger partial charge in [0, 0.05) is 5.69 Å². The first kappa shape index (κ1) is 19.6. The molecule has 2 aromatic rings. The van der Waals surface area contributed by atoms with Crippen molar-refractivity contribution >= 4 is 23.5 Å². The third-order valence-corrected chi connectivity index (χ3v) is 3.47. The maximum atomic E-state index is 13.5. The Morgan fingerprint density at radius 3 is 2.41 bits per heavy atom. The fraction of sp³-hybridized carbons (Fsp3) is 0.158. The lowest BCUT2D eigenvalue weighted by Crippen LogP contribution is -2.37. The van der Waals surface area contributed by atoms with Crippen molar-refractivity contribution in [2.75, 3.05) is 24.6 Å². The molecule has 0 spiro atoms. The average molecular weight is 369 g/mol. The lowest BCUT2D eigenvalue weighted by atomic mass is 10.2. The van der Waals surface area contributed by atoms with E-state index >= 15 is 0 Å². The Hall–Kier alpha value is -3.73. The molecular formula is C19H16FN3O4. The van der Waals surface area contributed by atoms with E-state index < -0.39 is 36.8 Å². The van der Waals surface area contributed by atoms with Crippen LogP contribution in [0, 0.1) is 17.1 Å². The summed E-state index contributed by atoms with van der Waals surface area (Å²) in [5, 5.41) is 11.1. The zero-order chi connectivity index (χ0) is 19.6. The second-order valence-electron chi connectivity index (χ2n) is 5.30. The second-order valence-corrected chi connectivity index (χ2v) is 5.30. The molecule has 0 unspecified atom stereocenters. The number of benzene rings is 2. The summed E-state index contributed by atoms with van der Waals surface area (Å²) in [6.45, 7) is -1.32. The van der Waals surface area contributed by atoms with Gasteiger partial charge in [-0.05, 0) is 24.3 Å². The minimum Gasteiger partial charge on any atom is -0.454 e. The Balaban J connectivity index is 1.85. The molecule has 0 saturated heterocycles. The SMILES string of the molecule is N#CCN(C(=O)COC(=O)CNC(=O)c1ccccc1F)c1ccccc1. The number of ether oxygens (including phenoxy) is 1. The zero-order valence-electron chi connectivity index (χ0n) is 14.2. The average Bonchev–Trinajstić information content (AvgIpc) is 2.69. The number of nitrogens with one attached hydrogen (secondary N) is 1. The van der Waals surface area contributed by atoms with E-state index in [4.69, 9.17) is 10.00 Å². The minimum absolute atomic E-state index is 0.203. The number of carbonyl (C=O) groups is 3. The number of rotatable bonds is 7. The summed E-state index contributed by atoms with van der Waals surface area (Å²) in [5.41, 5.74) is 0.290. The molecule has 0 aliphatic carbocycles. The monoisotopic (exact) mass is 369 g/mol. The van der Waals surface area contributed by atoms with E-state index in [0.717, 1.165) is 6.07 Å². The van der Waals surface area contributed by atoms with Crippen LogP contribution in [0.5, 0.6) is 0 Å². The molecule has 1 N–H and O–H groups in total. The van der Waals surface area contributed by atoms with Crippen molar-refractivity contribution in [2.24, 2.45) is 0 Å². The van der Waals surface area contributed by atoms with Crippen molar-refractivity contribution in [3.05, 3.63) is 66.0 Å². The number of halogens is 1. The highest BCUT2D eigenvalue weighted by atomic mass is 19.1. The molecule has 0 aromatic heterocycles. The van der Waals surface area contributed by atoms with Gasteiger partial charge in [-0.15, -0.1) is 0 Å². The van der Waals surface area contributed by atoms with Gasteiger partial charge < -0.3 is 10.1 Å². The zero-order valence-corrected chi connectivity index (χ0v) is 14.2. The van der Waals surface area contributed by atoms with E-state index in [0.29, 0.717) is 5.69 Å². The highest BCUT2D eigenvalue weighted by Gasteiger charge is 2.18. The van der Waals surface area contributed by atoms with Gasteiger partial charge in [0.25, 0.3) is 11.8 Å². The molecule has 27 heavy (non-hydrogen) atoms. The van der Waals surface area contributed by atoms with Gasteiger partial charge in [-0.3, -0.25) is 19.3 Å². The molecule has 0 heterocycles. The number of carbonyl (C=O) groups excluding carboxylic acids is 3. The van der Waals surface area contributed by atoms with Crippen LogP contribution in [0.25, 0.3) is 0 Å². The summed E-state index contributed by atoms with van der Waals surface area (Å²) in [6, 6.07) is 15.7.